The third kappa shape index (κ3) is 2.18. The molecule has 2 unspecified atom stereocenters. The van der Waals surface area contributed by atoms with Gasteiger partial charge in [-0.3, -0.25) is 10.1 Å². The van der Waals surface area contributed by atoms with Gasteiger partial charge in [-0.2, -0.15) is 0 Å². The summed E-state index contributed by atoms with van der Waals surface area (Å²) in [5.41, 5.74) is 0.0124. The van der Waals surface area contributed by atoms with Gasteiger partial charge in [0, 0.05) is 6.54 Å². The molecule has 1 aliphatic carbocycles. The molecule has 1 amide bonds. The van der Waals surface area contributed by atoms with Gasteiger partial charge in [0.25, 0.3) is 0 Å². The van der Waals surface area contributed by atoms with Gasteiger partial charge in [-0.15, -0.1) is 0 Å². The number of rotatable bonds is 4. The van der Waals surface area contributed by atoms with Gasteiger partial charge in [-0.25, -0.2) is 0 Å². The van der Waals surface area contributed by atoms with E-state index < -0.39 is 0 Å². The zero-order chi connectivity index (χ0) is 13.6. The van der Waals surface area contributed by atoms with Crippen molar-refractivity contribution in [2.24, 2.45) is 11.3 Å². The summed E-state index contributed by atoms with van der Waals surface area (Å²) in [6.07, 6.45) is 4.93. The van der Waals surface area contributed by atoms with Crippen LogP contribution in [0.5, 0.6) is 0 Å². The van der Waals surface area contributed by atoms with Crippen molar-refractivity contribution in [2.45, 2.75) is 72.0 Å². The fourth-order valence-corrected chi connectivity index (χ4v) is 3.21. The quantitative estimate of drug-likeness (QED) is 0.834. The smallest absolute Gasteiger partial charge is 0.243 e. The highest BCUT2D eigenvalue weighted by Crippen LogP contribution is 2.42. The van der Waals surface area contributed by atoms with Gasteiger partial charge in [0.05, 0.1) is 11.7 Å². The van der Waals surface area contributed by atoms with Crippen molar-refractivity contribution in [3.63, 3.8) is 0 Å². The van der Waals surface area contributed by atoms with E-state index in [0.29, 0.717) is 17.2 Å². The molecular formula is C15H28N2O. The second kappa shape index (κ2) is 4.52. The van der Waals surface area contributed by atoms with Gasteiger partial charge in [0.1, 0.15) is 0 Å². The molecule has 1 saturated heterocycles. The second-order valence-electron chi connectivity index (χ2n) is 7.12. The molecule has 0 radical (unpaired) electrons. The summed E-state index contributed by atoms with van der Waals surface area (Å²) in [4.78, 5) is 14.8. The Balaban J connectivity index is 2.17. The minimum Gasteiger partial charge on any atom is -0.325 e. The van der Waals surface area contributed by atoms with Crippen LogP contribution in [0.4, 0.5) is 0 Å². The molecule has 1 N–H and O–H groups in total. The normalized spacial score (nSPS) is 35.1. The molecule has 2 fully saturated rings. The Morgan fingerprint density at radius 1 is 1.39 bits per heavy atom. The van der Waals surface area contributed by atoms with Crippen molar-refractivity contribution in [1.82, 2.24) is 10.2 Å². The molecule has 0 aromatic carbocycles. The fourth-order valence-electron chi connectivity index (χ4n) is 3.21. The second-order valence-corrected chi connectivity index (χ2v) is 7.12. The van der Waals surface area contributed by atoms with E-state index in [0.717, 1.165) is 13.0 Å². The van der Waals surface area contributed by atoms with Crippen LogP contribution in [0.25, 0.3) is 0 Å². The molecule has 0 bridgehead atoms. The zero-order valence-electron chi connectivity index (χ0n) is 12.5. The average molecular weight is 252 g/mol. The minimum atomic E-state index is -0.352. The number of hydrogen-bond donors (Lipinski definition) is 1. The van der Waals surface area contributed by atoms with Gasteiger partial charge in [0.2, 0.25) is 5.91 Å². The van der Waals surface area contributed by atoms with Crippen LogP contribution in [0.2, 0.25) is 0 Å². The standard InChI is InChI=1S/C15H28N2O/c1-6-15(5)13(18)17(12(16-15)11(2)3)10-14(4)8-7-9-14/h11-12,16H,6-10H2,1-5H3. The van der Waals surface area contributed by atoms with Crippen molar-refractivity contribution in [3.8, 4) is 0 Å². The Bertz CT molecular complexity index is 335. The first kappa shape index (κ1) is 13.9. The number of carbonyl (C=O) groups excluding carboxylic acids is 1. The molecule has 3 nitrogen and oxygen atoms in total. The average Bonchev–Trinajstić information content (AvgIpc) is 2.53. The first-order chi connectivity index (χ1) is 8.31. The van der Waals surface area contributed by atoms with Crippen LogP contribution in [0.15, 0.2) is 0 Å². The van der Waals surface area contributed by atoms with E-state index in [9.17, 15) is 4.79 Å². The van der Waals surface area contributed by atoms with Gasteiger partial charge in [-0.1, -0.05) is 34.1 Å². The lowest BCUT2D eigenvalue weighted by atomic mass is 9.70. The third-order valence-electron chi connectivity index (χ3n) is 4.99. The molecule has 0 aromatic rings. The predicted octanol–water partition coefficient (Wildman–Crippen LogP) is 2.76. The number of nitrogens with zero attached hydrogens (tertiary/aromatic N) is 1. The lowest BCUT2D eigenvalue weighted by molar-refractivity contribution is -0.135. The topological polar surface area (TPSA) is 32.3 Å². The molecule has 1 aliphatic heterocycles. The van der Waals surface area contributed by atoms with E-state index in [1.54, 1.807) is 0 Å². The number of nitrogens with one attached hydrogen (secondary N) is 1. The molecule has 0 spiro atoms. The predicted molar refractivity (Wildman–Crippen MR) is 74.1 cm³/mol. The van der Waals surface area contributed by atoms with Crippen molar-refractivity contribution >= 4 is 5.91 Å². The lowest BCUT2D eigenvalue weighted by Crippen LogP contribution is -2.48. The van der Waals surface area contributed by atoms with E-state index in [-0.39, 0.29) is 11.7 Å². The van der Waals surface area contributed by atoms with Gasteiger partial charge < -0.3 is 4.90 Å². The van der Waals surface area contributed by atoms with Crippen LogP contribution in [0, 0.1) is 11.3 Å². The van der Waals surface area contributed by atoms with Crippen LogP contribution in [0.1, 0.15) is 60.3 Å². The fraction of sp³-hybridized carbons (Fsp3) is 0.933. The summed E-state index contributed by atoms with van der Waals surface area (Å²) in [6.45, 7) is 11.8. The largest absolute Gasteiger partial charge is 0.325 e. The monoisotopic (exact) mass is 252 g/mol. The third-order valence-corrected chi connectivity index (χ3v) is 4.99. The summed E-state index contributed by atoms with van der Waals surface area (Å²) in [5, 5.41) is 3.56. The molecule has 1 heterocycles. The summed E-state index contributed by atoms with van der Waals surface area (Å²) in [6, 6.07) is 0. The number of hydrogen-bond acceptors (Lipinski definition) is 2. The van der Waals surface area contributed by atoms with Crippen molar-refractivity contribution in [3.05, 3.63) is 0 Å². The maximum absolute atomic E-state index is 12.7. The van der Waals surface area contributed by atoms with Gasteiger partial charge in [-0.05, 0) is 37.5 Å². The molecule has 104 valence electrons. The van der Waals surface area contributed by atoms with Crippen molar-refractivity contribution in [2.75, 3.05) is 6.54 Å². The molecular weight excluding hydrogens is 224 g/mol. The Hall–Kier alpha value is -0.570. The van der Waals surface area contributed by atoms with Gasteiger partial charge in [0.15, 0.2) is 0 Å². The zero-order valence-corrected chi connectivity index (χ0v) is 12.5. The molecule has 2 rings (SSSR count). The SMILES string of the molecule is CCC1(C)NC(C(C)C)N(CC2(C)CCC2)C1=O. The van der Waals surface area contributed by atoms with Crippen LogP contribution < -0.4 is 5.32 Å². The van der Waals surface area contributed by atoms with Crippen LogP contribution in [0.3, 0.4) is 0 Å². The highest BCUT2D eigenvalue weighted by Gasteiger charge is 2.49. The Morgan fingerprint density at radius 2 is 2.00 bits per heavy atom. The van der Waals surface area contributed by atoms with E-state index in [4.69, 9.17) is 0 Å². The van der Waals surface area contributed by atoms with Gasteiger partial charge >= 0.3 is 0 Å². The summed E-state index contributed by atoms with van der Waals surface area (Å²) in [7, 11) is 0. The highest BCUT2D eigenvalue weighted by atomic mass is 16.2. The lowest BCUT2D eigenvalue weighted by Gasteiger charge is -2.43. The van der Waals surface area contributed by atoms with Crippen LogP contribution >= 0.6 is 0 Å². The van der Waals surface area contributed by atoms with Crippen LogP contribution in [-0.2, 0) is 4.79 Å². The Morgan fingerprint density at radius 3 is 2.39 bits per heavy atom. The molecule has 0 aromatic heterocycles. The summed E-state index contributed by atoms with van der Waals surface area (Å²) in [5.74, 6) is 0.767. The van der Waals surface area contributed by atoms with E-state index in [1.165, 1.54) is 19.3 Å². The maximum Gasteiger partial charge on any atom is 0.243 e. The molecule has 3 heteroatoms. The van der Waals surface area contributed by atoms with E-state index >= 15 is 0 Å². The highest BCUT2D eigenvalue weighted by molar-refractivity contribution is 5.88. The maximum atomic E-state index is 12.7. The first-order valence-corrected chi connectivity index (χ1v) is 7.40. The van der Waals surface area contributed by atoms with Crippen molar-refractivity contribution in [1.29, 1.82) is 0 Å². The van der Waals surface area contributed by atoms with E-state index in [2.05, 4.69) is 37.9 Å². The molecule has 1 saturated carbocycles. The van der Waals surface area contributed by atoms with Crippen molar-refractivity contribution < 1.29 is 4.79 Å². The Labute approximate surface area is 111 Å². The molecule has 2 aliphatic rings. The number of amides is 1. The van der Waals surface area contributed by atoms with E-state index in [1.807, 2.05) is 6.92 Å². The summed E-state index contributed by atoms with van der Waals surface area (Å²) >= 11 is 0. The molecule has 18 heavy (non-hydrogen) atoms. The molecule has 2 atom stereocenters. The summed E-state index contributed by atoms with van der Waals surface area (Å²) < 4.78 is 0. The first-order valence-electron chi connectivity index (χ1n) is 7.40. The van der Waals surface area contributed by atoms with Crippen LogP contribution in [-0.4, -0.2) is 29.1 Å². The minimum absolute atomic E-state index is 0.208. The Kier molecular flexibility index (Phi) is 3.48. The number of carbonyl (C=O) groups is 1.